The normalized spacial score (nSPS) is 10.8. The van der Waals surface area contributed by atoms with E-state index in [4.69, 9.17) is 28.2 Å². The monoisotopic (exact) mass is 381 g/mol. The van der Waals surface area contributed by atoms with E-state index >= 15 is 0 Å². The van der Waals surface area contributed by atoms with E-state index in [1.54, 1.807) is 11.3 Å². The highest BCUT2D eigenvalue weighted by Gasteiger charge is 2.10. The van der Waals surface area contributed by atoms with Gasteiger partial charge < -0.3 is 0 Å². The van der Waals surface area contributed by atoms with Crippen LogP contribution in [0.4, 0.5) is 0 Å². The highest BCUT2D eigenvalue weighted by Crippen LogP contribution is 2.33. The second-order valence-corrected chi connectivity index (χ2v) is 7.44. The predicted molar refractivity (Wildman–Crippen MR) is 108 cm³/mol. The first kappa shape index (κ1) is 16.3. The fourth-order valence-corrected chi connectivity index (χ4v) is 3.69. The van der Waals surface area contributed by atoms with E-state index < -0.39 is 0 Å². The summed E-state index contributed by atoms with van der Waals surface area (Å²) in [5.41, 5.74) is 5.06. The lowest BCUT2D eigenvalue weighted by atomic mass is 10.0. The molecule has 0 bridgehead atoms. The van der Waals surface area contributed by atoms with Crippen LogP contribution in [0.5, 0.6) is 0 Å². The van der Waals surface area contributed by atoms with Gasteiger partial charge in [0.15, 0.2) is 0 Å². The minimum atomic E-state index is 0.716. The van der Waals surface area contributed by atoms with Crippen LogP contribution in [0.1, 0.15) is 0 Å². The van der Waals surface area contributed by atoms with E-state index in [1.807, 2.05) is 48.5 Å². The van der Waals surface area contributed by atoms with Crippen molar-refractivity contribution in [1.82, 2.24) is 4.98 Å². The number of hydrogen-bond donors (Lipinski definition) is 0. The molecule has 0 aliphatic rings. The predicted octanol–water partition coefficient (Wildman–Crippen LogP) is 7.45. The van der Waals surface area contributed by atoms with Crippen LogP contribution in [0.3, 0.4) is 0 Å². The number of pyridine rings is 1. The molecule has 0 atom stereocenters. The average molecular weight is 382 g/mol. The first-order valence-electron chi connectivity index (χ1n) is 7.77. The van der Waals surface area contributed by atoms with Gasteiger partial charge in [0, 0.05) is 15.6 Å². The molecule has 0 saturated heterocycles. The summed E-state index contributed by atoms with van der Waals surface area (Å²) in [5.74, 6) is 0. The van der Waals surface area contributed by atoms with E-state index in [-0.39, 0.29) is 0 Å². The van der Waals surface area contributed by atoms with E-state index in [0.29, 0.717) is 5.02 Å². The van der Waals surface area contributed by atoms with Crippen molar-refractivity contribution in [3.8, 4) is 33.0 Å². The van der Waals surface area contributed by atoms with Crippen LogP contribution in [-0.4, -0.2) is 4.98 Å². The topological polar surface area (TPSA) is 12.9 Å². The Balaban J connectivity index is 1.90. The summed E-state index contributed by atoms with van der Waals surface area (Å²) in [5, 5.41) is 3.50. The molecule has 0 N–H and O–H groups in total. The van der Waals surface area contributed by atoms with Gasteiger partial charge in [0.2, 0.25) is 0 Å². The van der Waals surface area contributed by atoms with Gasteiger partial charge in [0.25, 0.3) is 0 Å². The zero-order chi connectivity index (χ0) is 17.2. The Morgan fingerprint density at radius 2 is 1.44 bits per heavy atom. The summed E-state index contributed by atoms with van der Waals surface area (Å²) in [6, 6.07) is 23.9. The van der Waals surface area contributed by atoms with Crippen molar-refractivity contribution in [3.63, 3.8) is 0 Å². The Morgan fingerprint density at radius 1 is 0.640 bits per heavy atom. The van der Waals surface area contributed by atoms with Gasteiger partial charge in [-0.05, 0) is 59.0 Å². The van der Waals surface area contributed by atoms with Crippen molar-refractivity contribution in [2.45, 2.75) is 0 Å². The Hall–Kier alpha value is -2.13. The van der Waals surface area contributed by atoms with Crippen molar-refractivity contribution < 1.29 is 0 Å². The zero-order valence-electron chi connectivity index (χ0n) is 13.1. The summed E-state index contributed by atoms with van der Waals surface area (Å²) >= 11 is 13.9. The van der Waals surface area contributed by atoms with Gasteiger partial charge in [0.05, 0.1) is 16.3 Å². The molecule has 4 aromatic rings. The summed E-state index contributed by atoms with van der Waals surface area (Å²) in [4.78, 5) is 6.00. The quantitative estimate of drug-likeness (QED) is 0.359. The molecule has 0 saturated carbocycles. The lowest BCUT2D eigenvalue weighted by Crippen LogP contribution is -1.90. The molecule has 4 heteroatoms. The first-order chi connectivity index (χ1) is 12.2. The number of hydrogen-bond acceptors (Lipinski definition) is 2. The average Bonchev–Trinajstić information content (AvgIpc) is 3.17. The fraction of sp³-hybridized carbons (Fsp3) is 0. The van der Waals surface area contributed by atoms with E-state index in [2.05, 4.69) is 29.6 Å². The van der Waals surface area contributed by atoms with Crippen LogP contribution < -0.4 is 0 Å². The SMILES string of the molecule is Clc1ccc(-c2cc(-c3cccc(Cl)c3)cc(-c3cccs3)n2)cc1. The Kier molecular flexibility index (Phi) is 4.58. The highest BCUT2D eigenvalue weighted by atomic mass is 35.5. The van der Waals surface area contributed by atoms with Crippen molar-refractivity contribution in [2.75, 3.05) is 0 Å². The molecule has 2 aromatic heterocycles. The maximum absolute atomic E-state index is 6.18. The molecule has 0 unspecified atom stereocenters. The van der Waals surface area contributed by atoms with Crippen molar-refractivity contribution in [1.29, 1.82) is 0 Å². The van der Waals surface area contributed by atoms with Crippen LogP contribution in [0.25, 0.3) is 33.0 Å². The van der Waals surface area contributed by atoms with Gasteiger partial charge in [-0.2, -0.15) is 0 Å². The molecule has 4 rings (SSSR count). The second kappa shape index (κ2) is 7.01. The molecule has 1 nitrogen and oxygen atoms in total. The number of nitrogens with zero attached hydrogens (tertiary/aromatic N) is 1. The first-order valence-corrected chi connectivity index (χ1v) is 9.40. The van der Waals surface area contributed by atoms with Gasteiger partial charge in [0.1, 0.15) is 0 Å². The fourth-order valence-electron chi connectivity index (χ4n) is 2.68. The molecule has 2 aromatic carbocycles. The van der Waals surface area contributed by atoms with Crippen LogP contribution in [0.15, 0.2) is 78.2 Å². The number of aromatic nitrogens is 1. The molecular weight excluding hydrogens is 369 g/mol. The van der Waals surface area contributed by atoms with Crippen LogP contribution in [0.2, 0.25) is 10.0 Å². The second-order valence-electron chi connectivity index (χ2n) is 5.62. The molecule has 25 heavy (non-hydrogen) atoms. The summed E-state index contributed by atoms with van der Waals surface area (Å²) in [6.45, 7) is 0. The van der Waals surface area contributed by atoms with E-state index in [0.717, 1.165) is 38.0 Å². The molecule has 2 heterocycles. The Morgan fingerprint density at radius 3 is 2.16 bits per heavy atom. The van der Waals surface area contributed by atoms with E-state index in [9.17, 15) is 0 Å². The maximum Gasteiger partial charge on any atom is 0.0815 e. The smallest absolute Gasteiger partial charge is 0.0815 e. The molecule has 0 amide bonds. The molecular formula is C21H13Cl2NS. The molecule has 122 valence electrons. The van der Waals surface area contributed by atoms with Gasteiger partial charge in [-0.25, -0.2) is 4.98 Å². The zero-order valence-corrected chi connectivity index (χ0v) is 15.4. The Labute approximate surface area is 160 Å². The summed E-state index contributed by atoms with van der Waals surface area (Å²) in [6.07, 6.45) is 0. The number of thiophene rings is 1. The largest absolute Gasteiger partial charge is 0.247 e. The standard InChI is InChI=1S/C21H13Cl2NS/c22-17-8-6-14(7-9-17)19-12-16(15-3-1-4-18(23)11-15)13-20(24-19)21-5-2-10-25-21/h1-13H. The van der Waals surface area contributed by atoms with Gasteiger partial charge in [-0.15, -0.1) is 11.3 Å². The summed E-state index contributed by atoms with van der Waals surface area (Å²) in [7, 11) is 0. The minimum Gasteiger partial charge on any atom is -0.247 e. The molecule has 0 aliphatic carbocycles. The Bertz CT molecular complexity index is 1010. The third-order valence-corrected chi connectivity index (χ3v) is 5.28. The number of halogens is 2. The lowest BCUT2D eigenvalue weighted by Gasteiger charge is -2.09. The number of benzene rings is 2. The molecule has 0 aliphatic heterocycles. The third-order valence-electron chi connectivity index (χ3n) is 3.90. The molecule has 0 radical (unpaired) electrons. The van der Waals surface area contributed by atoms with Crippen molar-refractivity contribution in [2.24, 2.45) is 0 Å². The van der Waals surface area contributed by atoms with Crippen LogP contribution in [0, 0.1) is 0 Å². The van der Waals surface area contributed by atoms with Crippen molar-refractivity contribution >= 4 is 34.5 Å². The highest BCUT2D eigenvalue weighted by molar-refractivity contribution is 7.13. The molecule has 0 spiro atoms. The van der Waals surface area contributed by atoms with Gasteiger partial charge in [-0.3, -0.25) is 0 Å². The van der Waals surface area contributed by atoms with Crippen LogP contribution >= 0.6 is 34.5 Å². The van der Waals surface area contributed by atoms with Crippen molar-refractivity contribution in [3.05, 3.63) is 88.2 Å². The number of rotatable bonds is 3. The van der Waals surface area contributed by atoms with Gasteiger partial charge in [-0.1, -0.05) is 53.5 Å². The molecule has 0 fully saturated rings. The van der Waals surface area contributed by atoms with Crippen LogP contribution in [-0.2, 0) is 0 Å². The van der Waals surface area contributed by atoms with E-state index in [1.165, 1.54) is 0 Å². The minimum absolute atomic E-state index is 0.716. The summed E-state index contributed by atoms with van der Waals surface area (Å²) < 4.78 is 0. The third kappa shape index (κ3) is 3.62. The lowest BCUT2D eigenvalue weighted by molar-refractivity contribution is 1.33. The van der Waals surface area contributed by atoms with Gasteiger partial charge >= 0.3 is 0 Å². The maximum atomic E-state index is 6.18.